The van der Waals surface area contributed by atoms with Crippen molar-refractivity contribution in [3.63, 3.8) is 0 Å². The van der Waals surface area contributed by atoms with Crippen LogP contribution < -0.4 is 14.4 Å². The molecule has 3 rings (SSSR count). The molecule has 9 heteroatoms. The minimum Gasteiger partial charge on any atom is -0.497 e. The molecular weight excluding hydrogens is 550 g/mol. The molecule has 0 fully saturated rings. The van der Waals surface area contributed by atoms with E-state index in [1.54, 1.807) is 49.6 Å². The normalized spacial score (nSPS) is 12.4. The first-order chi connectivity index (χ1) is 19.7. The van der Waals surface area contributed by atoms with E-state index in [1.165, 1.54) is 4.90 Å². The van der Waals surface area contributed by atoms with Crippen LogP contribution in [-0.2, 0) is 26.2 Å². The number of ether oxygens (including phenoxy) is 1. The zero-order valence-corrected chi connectivity index (χ0v) is 26.7. The molecule has 1 N–H and O–H groups in total. The van der Waals surface area contributed by atoms with Gasteiger partial charge in [-0.1, -0.05) is 54.4 Å². The summed E-state index contributed by atoms with van der Waals surface area (Å²) in [5.41, 5.74) is 3.29. The maximum Gasteiger partial charge on any atom is 0.264 e. The number of benzene rings is 3. The van der Waals surface area contributed by atoms with Gasteiger partial charge in [-0.3, -0.25) is 13.9 Å². The number of carbonyl (C=O) groups excluding carboxylic acids is 2. The Hall–Kier alpha value is -3.85. The van der Waals surface area contributed by atoms with E-state index in [0.717, 1.165) is 26.6 Å². The summed E-state index contributed by atoms with van der Waals surface area (Å²) in [6.07, 6.45) is 0.345. The summed E-state index contributed by atoms with van der Waals surface area (Å²) in [5.74, 6) is -0.122. The third-order valence-corrected chi connectivity index (χ3v) is 8.68. The van der Waals surface area contributed by atoms with E-state index in [9.17, 15) is 18.0 Å². The second-order valence-electron chi connectivity index (χ2n) is 11.6. The molecule has 0 saturated carbocycles. The predicted molar refractivity (Wildman–Crippen MR) is 167 cm³/mol. The summed E-state index contributed by atoms with van der Waals surface area (Å²) in [6.45, 7) is 12.7. The van der Waals surface area contributed by atoms with Crippen molar-refractivity contribution in [2.75, 3.05) is 18.0 Å². The number of hydrogen-bond acceptors (Lipinski definition) is 5. The van der Waals surface area contributed by atoms with Gasteiger partial charge in [0.2, 0.25) is 11.8 Å². The van der Waals surface area contributed by atoms with E-state index in [4.69, 9.17) is 4.74 Å². The Labute approximate surface area is 250 Å². The van der Waals surface area contributed by atoms with Crippen molar-refractivity contribution in [1.82, 2.24) is 10.2 Å². The average molecular weight is 594 g/mol. The molecule has 0 heterocycles. The number of nitrogens with zero attached hydrogens (tertiary/aromatic N) is 2. The van der Waals surface area contributed by atoms with Gasteiger partial charge in [0, 0.05) is 12.1 Å². The lowest BCUT2D eigenvalue weighted by Gasteiger charge is -2.35. The highest BCUT2D eigenvalue weighted by molar-refractivity contribution is 7.92. The first-order valence-corrected chi connectivity index (χ1v) is 15.5. The molecule has 42 heavy (non-hydrogen) atoms. The molecule has 0 radical (unpaired) electrons. The fourth-order valence-electron chi connectivity index (χ4n) is 4.74. The SMILES string of the molecule is CCC(C(=O)NC(C)(C)C)N(Cc1ccc(OC)cc1)C(=O)CN(c1ccc(C)cc1C)S(=O)(=O)c1ccc(C)cc1. The van der Waals surface area contributed by atoms with Gasteiger partial charge in [-0.15, -0.1) is 0 Å². The number of amides is 2. The van der Waals surface area contributed by atoms with E-state index in [1.807, 2.05) is 72.7 Å². The van der Waals surface area contributed by atoms with E-state index in [-0.39, 0.29) is 17.3 Å². The molecule has 0 spiro atoms. The van der Waals surface area contributed by atoms with Crippen LogP contribution in [0.1, 0.15) is 56.4 Å². The Kier molecular flexibility index (Phi) is 10.4. The molecule has 0 saturated heterocycles. The van der Waals surface area contributed by atoms with Crippen LogP contribution >= 0.6 is 0 Å². The van der Waals surface area contributed by atoms with E-state index < -0.39 is 34.1 Å². The van der Waals surface area contributed by atoms with Gasteiger partial charge < -0.3 is 15.0 Å². The van der Waals surface area contributed by atoms with Gasteiger partial charge in [0.15, 0.2) is 0 Å². The zero-order valence-electron chi connectivity index (χ0n) is 25.9. The number of aryl methyl sites for hydroxylation is 3. The molecule has 3 aromatic carbocycles. The Bertz CT molecular complexity index is 1490. The van der Waals surface area contributed by atoms with Gasteiger partial charge in [-0.2, -0.15) is 0 Å². The number of hydrogen-bond donors (Lipinski definition) is 1. The summed E-state index contributed by atoms with van der Waals surface area (Å²) >= 11 is 0. The molecule has 0 aliphatic heterocycles. The van der Waals surface area contributed by atoms with Crippen LogP contribution in [0, 0.1) is 20.8 Å². The van der Waals surface area contributed by atoms with Gasteiger partial charge in [-0.25, -0.2) is 8.42 Å². The highest BCUT2D eigenvalue weighted by Crippen LogP contribution is 2.29. The van der Waals surface area contributed by atoms with Crippen molar-refractivity contribution in [3.8, 4) is 5.75 Å². The Morgan fingerprint density at radius 1 is 0.905 bits per heavy atom. The van der Waals surface area contributed by atoms with Crippen molar-refractivity contribution in [1.29, 1.82) is 0 Å². The lowest BCUT2D eigenvalue weighted by molar-refractivity contribution is -0.141. The minimum absolute atomic E-state index is 0.0834. The molecular formula is C33H43N3O5S. The van der Waals surface area contributed by atoms with Crippen LogP contribution in [0.15, 0.2) is 71.6 Å². The van der Waals surface area contributed by atoms with Gasteiger partial charge in [0.1, 0.15) is 18.3 Å². The van der Waals surface area contributed by atoms with E-state index in [0.29, 0.717) is 17.9 Å². The molecule has 0 aliphatic rings. The van der Waals surface area contributed by atoms with Crippen molar-refractivity contribution >= 4 is 27.5 Å². The molecule has 1 atom stereocenters. The largest absolute Gasteiger partial charge is 0.497 e. The van der Waals surface area contributed by atoms with Crippen molar-refractivity contribution in [3.05, 3.63) is 89.0 Å². The van der Waals surface area contributed by atoms with Gasteiger partial charge in [0.25, 0.3) is 10.0 Å². The number of nitrogens with one attached hydrogen (secondary N) is 1. The number of anilines is 1. The van der Waals surface area contributed by atoms with Crippen LogP contribution in [0.3, 0.4) is 0 Å². The topological polar surface area (TPSA) is 96.0 Å². The number of carbonyl (C=O) groups is 2. The Morgan fingerprint density at radius 2 is 1.50 bits per heavy atom. The molecule has 8 nitrogen and oxygen atoms in total. The maximum absolute atomic E-state index is 14.3. The summed E-state index contributed by atoms with van der Waals surface area (Å²) in [6, 6.07) is 18.4. The monoisotopic (exact) mass is 593 g/mol. The molecule has 0 aromatic heterocycles. The fraction of sp³-hybridized carbons (Fsp3) is 0.394. The quantitative estimate of drug-likeness (QED) is 0.315. The molecule has 1 unspecified atom stereocenters. The van der Waals surface area contributed by atoms with Crippen molar-refractivity contribution in [2.45, 2.75) is 77.9 Å². The van der Waals surface area contributed by atoms with E-state index in [2.05, 4.69) is 5.32 Å². The van der Waals surface area contributed by atoms with Crippen LogP contribution in [0.5, 0.6) is 5.75 Å². The van der Waals surface area contributed by atoms with Crippen LogP contribution in [0.4, 0.5) is 5.69 Å². The third kappa shape index (κ3) is 8.12. The van der Waals surface area contributed by atoms with Gasteiger partial charge >= 0.3 is 0 Å². The Balaban J connectivity index is 2.10. The first kappa shape index (κ1) is 32.7. The number of sulfonamides is 1. The molecule has 0 bridgehead atoms. The van der Waals surface area contributed by atoms with E-state index >= 15 is 0 Å². The molecule has 3 aromatic rings. The molecule has 0 aliphatic carbocycles. The standard InChI is InChI=1S/C33H43N3O5S/c1-9-29(32(38)34-33(5,6)7)35(21-26-13-15-27(41-8)16-14-26)31(37)22-36(30-19-12-24(3)20-25(30)4)42(39,40)28-17-10-23(2)11-18-28/h10-20,29H,9,21-22H2,1-8H3,(H,34,38). The Morgan fingerprint density at radius 3 is 2.02 bits per heavy atom. The molecule has 2 amide bonds. The number of rotatable bonds is 11. The highest BCUT2D eigenvalue weighted by atomic mass is 32.2. The molecule has 226 valence electrons. The minimum atomic E-state index is -4.13. The smallest absolute Gasteiger partial charge is 0.264 e. The highest BCUT2D eigenvalue weighted by Gasteiger charge is 2.35. The summed E-state index contributed by atoms with van der Waals surface area (Å²) in [5, 5.41) is 2.99. The first-order valence-electron chi connectivity index (χ1n) is 14.1. The third-order valence-electron chi connectivity index (χ3n) is 6.90. The summed E-state index contributed by atoms with van der Waals surface area (Å²) < 4.78 is 34.6. The lowest BCUT2D eigenvalue weighted by atomic mass is 10.1. The van der Waals surface area contributed by atoms with Gasteiger partial charge in [0.05, 0.1) is 17.7 Å². The predicted octanol–water partition coefficient (Wildman–Crippen LogP) is 5.54. The second kappa shape index (κ2) is 13.4. The van der Waals surface area contributed by atoms with Crippen molar-refractivity contribution < 1.29 is 22.7 Å². The van der Waals surface area contributed by atoms with Gasteiger partial charge in [-0.05, 0) is 89.4 Å². The summed E-state index contributed by atoms with van der Waals surface area (Å²) in [7, 11) is -2.56. The zero-order chi connectivity index (χ0) is 31.2. The van der Waals surface area contributed by atoms with Crippen LogP contribution in [0.2, 0.25) is 0 Å². The average Bonchev–Trinajstić information content (AvgIpc) is 2.91. The van der Waals surface area contributed by atoms with Crippen LogP contribution in [-0.4, -0.2) is 50.4 Å². The summed E-state index contributed by atoms with van der Waals surface area (Å²) in [4.78, 5) is 29.3. The number of methoxy groups -OCH3 is 1. The van der Waals surface area contributed by atoms with Crippen LogP contribution in [0.25, 0.3) is 0 Å². The lowest BCUT2D eigenvalue weighted by Crippen LogP contribution is -2.55. The van der Waals surface area contributed by atoms with Crippen molar-refractivity contribution in [2.24, 2.45) is 0 Å². The fourth-order valence-corrected chi connectivity index (χ4v) is 6.21. The maximum atomic E-state index is 14.3. The second-order valence-corrected chi connectivity index (χ2v) is 13.5.